The molecule has 2 aromatic rings. The minimum atomic E-state index is -0.144. The van der Waals surface area contributed by atoms with Gasteiger partial charge >= 0.3 is 0 Å². The lowest BCUT2D eigenvalue weighted by atomic mass is 10.1. The first-order chi connectivity index (χ1) is 11.5. The Morgan fingerprint density at radius 3 is 2.42 bits per heavy atom. The molecule has 0 saturated heterocycles. The maximum atomic E-state index is 12.6. The van der Waals surface area contributed by atoms with Crippen LogP contribution >= 0.6 is 11.8 Å². The van der Waals surface area contributed by atoms with Crippen LogP contribution in [0.5, 0.6) is 11.5 Å². The van der Waals surface area contributed by atoms with Crippen LogP contribution in [-0.2, 0) is 0 Å². The molecule has 0 aliphatic heterocycles. The summed E-state index contributed by atoms with van der Waals surface area (Å²) in [5.74, 6) is 1.24. The van der Waals surface area contributed by atoms with Gasteiger partial charge in [-0.1, -0.05) is 12.1 Å². The summed E-state index contributed by atoms with van der Waals surface area (Å²) in [6, 6.07) is 11.4. The van der Waals surface area contributed by atoms with Crippen LogP contribution in [0.1, 0.15) is 34.5 Å². The predicted octanol–water partition coefficient (Wildman–Crippen LogP) is 4.23. The third-order valence-electron chi connectivity index (χ3n) is 3.94. The number of methoxy groups -OCH3 is 2. The van der Waals surface area contributed by atoms with E-state index in [-0.39, 0.29) is 11.9 Å². The van der Waals surface area contributed by atoms with E-state index in [4.69, 9.17) is 9.47 Å². The molecule has 1 N–H and O–H groups in total. The second-order valence-electron chi connectivity index (χ2n) is 5.49. The average Bonchev–Trinajstić information content (AvgIpc) is 2.61. The number of benzene rings is 2. The van der Waals surface area contributed by atoms with Gasteiger partial charge in [-0.05, 0) is 55.5 Å². The fraction of sp³-hybridized carbons (Fsp3) is 0.316. The highest BCUT2D eigenvalue weighted by atomic mass is 32.2. The van der Waals surface area contributed by atoms with Crippen molar-refractivity contribution in [1.29, 1.82) is 0 Å². The van der Waals surface area contributed by atoms with Gasteiger partial charge in [-0.25, -0.2) is 0 Å². The standard InChI is InChI=1S/C19H23NO3S/c1-12-6-8-15(24-5)11-16(12)19(21)20-13(2)14-7-9-17(22-3)18(10-14)23-4/h6-11,13H,1-5H3,(H,20,21). The van der Waals surface area contributed by atoms with E-state index in [9.17, 15) is 4.79 Å². The molecule has 0 fully saturated rings. The molecule has 2 rings (SSSR count). The Morgan fingerprint density at radius 2 is 1.79 bits per heavy atom. The van der Waals surface area contributed by atoms with Gasteiger partial charge in [0.05, 0.1) is 20.3 Å². The Hall–Kier alpha value is -2.14. The maximum absolute atomic E-state index is 12.6. The lowest BCUT2D eigenvalue weighted by Crippen LogP contribution is -2.27. The van der Waals surface area contributed by atoms with Crippen molar-refractivity contribution in [3.8, 4) is 11.5 Å². The molecule has 1 atom stereocenters. The van der Waals surface area contributed by atoms with Crippen LogP contribution < -0.4 is 14.8 Å². The van der Waals surface area contributed by atoms with Crippen LogP contribution in [0.4, 0.5) is 0 Å². The molecule has 0 radical (unpaired) electrons. The molecule has 128 valence electrons. The van der Waals surface area contributed by atoms with Crippen molar-refractivity contribution >= 4 is 17.7 Å². The number of hydrogen-bond donors (Lipinski definition) is 1. The smallest absolute Gasteiger partial charge is 0.252 e. The number of rotatable bonds is 6. The van der Waals surface area contributed by atoms with Crippen molar-refractivity contribution in [2.24, 2.45) is 0 Å². The molecule has 0 aliphatic carbocycles. The van der Waals surface area contributed by atoms with E-state index in [0.29, 0.717) is 17.1 Å². The average molecular weight is 345 g/mol. The van der Waals surface area contributed by atoms with Crippen LogP contribution in [0.3, 0.4) is 0 Å². The summed E-state index contributed by atoms with van der Waals surface area (Å²) < 4.78 is 10.6. The first-order valence-corrected chi connectivity index (χ1v) is 8.90. The van der Waals surface area contributed by atoms with E-state index in [1.165, 1.54) is 0 Å². The quantitative estimate of drug-likeness (QED) is 0.796. The summed E-state index contributed by atoms with van der Waals surface area (Å²) in [6.07, 6.45) is 2.00. The van der Waals surface area contributed by atoms with Crippen molar-refractivity contribution in [1.82, 2.24) is 5.32 Å². The largest absolute Gasteiger partial charge is 0.493 e. The Kier molecular flexibility index (Phi) is 6.15. The Labute approximate surface area is 147 Å². The Morgan fingerprint density at radius 1 is 1.08 bits per heavy atom. The highest BCUT2D eigenvalue weighted by molar-refractivity contribution is 7.98. The van der Waals surface area contributed by atoms with Crippen molar-refractivity contribution in [3.05, 3.63) is 53.1 Å². The van der Waals surface area contributed by atoms with Gasteiger partial charge in [0.25, 0.3) is 5.91 Å². The van der Waals surface area contributed by atoms with Gasteiger partial charge in [0.1, 0.15) is 0 Å². The van der Waals surface area contributed by atoms with Crippen molar-refractivity contribution in [2.75, 3.05) is 20.5 Å². The molecule has 24 heavy (non-hydrogen) atoms. The van der Waals surface area contributed by atoms with E-state index >= 15 is 0 Å². The van der Waals surface area contributed by atoms with Crippen molar-refractivity contribution in [2.45, 2.75) is 24.8 Å². The van der Waals surface area contributed by atoms with Gasteiger partial charge < -0.3 is 14.8 Å². The van der Waals surface area contributed by atoms with E-state index in [2.05, 4.69) is 5.32 Å². The highest BCUT2D eigenvalue weighted by Crippen LogP contribution is 2.30. The minimum absolute atomic E-state index is 0.0781. The van der Waals surface area contributed by atoms with Gasteiger partial charge in [-0.2, -0.15) is 0 Å². The minimum Gasteiger partial charge on any atom is -0.493 e. The summed E-state index contributed by atoms with van der Waals surface area (Å²) in [5.41, 5.74) is 2.62. The van der Waals surface area contributed by atoms with E-state index < -0.39 is 0 Å². The molecule has 1 amide bonds. The van der Waals surface area contributed by atoms with E-state index in [1.54, 1.807) is 26.0 Å². The fourth-order valence-electron chi connectivity index (χ4n) is 2.45. The topological polar surface area (TPSA) is 47.6 Å². The van der Waals surface area contributed by atoms with Crippen molar-refractivity contribution in [3.63, 3.8) is 0 Å². The molecule has 4 nitrogen and oxygen atoms in total. The molecular weight excluding hydrogens is 322 g/mol. The van der Waals surface area contributed by atoms with Gasteiger partial charge in [-0.3, -0.25) is 4.79 Å². The molecule has 0 spiro atoms. The van der Waals surface area contributed by atoms with Gasteiger partial charge in [0.15, 0.2) is 11.5 Å². The molecular formula is C19H23NO3S. The molecule has 1 unspecified atom stereocenters. The van der Waals surface area contributed by atoms with Crippen LogP contribution in [0.25, 0.3) is 0 Å². The van der Waals surface area contributed by atoms with Gasteiger partial charge in [0.2, 0.25) is 0 Å². The summed E-state index contributed by atoms with van der Waals surface area (Å²) in [7, 11) is 3.20. The molecule has 0 aromatic heterocycles. The first kappa shape index (κ1) is 18.2. The number of thioether (sulfide) groups is 1. The zero-order valence-corrected chi connectivity index (χ0v) is 15.5. The number of aryl methyl sites for hydroxylation is 1. The highest BCUT2D eigenvalue weighted by Gasteiger charge is 2.15. The fourth-order valence-corrected chi connectivity index (χ4v) is 2.89. The number of nitrogens with one attached hydrogen (secondary N) is 1. The summed E-state index contributed by atoms with van der Waals surface area (Å²) >= 11 is 1.62. The van der Waals surface area contributed by atoms with E-state index in [0.717, 1.165) is 16.0 Å². The lowest BCUT2D eigenvalue weighted by molar-refractivity contribution is 0.0939. The van der Waals surface area contributed by atoms with Gasteiger partial charge in [-0.15, -0.1) is 11.8 Å². The molecule has 0 bridgehead atoms. The zero-order chi connectivity index (χ0) is 17.7. The number of hydrogen-bond acceptors (Lipinski definition) is 4. The third-order valence-corrected chi connectivity index (χ3v) is 4.67. The molecule has 0 aliphatic rings. The number of ether oxygens (including phenoxy) is 2. The Balaban J connectivity index is 2.20. The number of carbonyl (C=O) groups is 1. The SMILES string of the molecule is COc1ccc(C(C)NC(=O)c2cc(SC)ccc2C)cc1OC. The van der Waals surface area contributed by atoms with Crippen LogP contribution in [0.15, 0.2) is 41.3 Å². The first-order valence-electron chi connectivity index (χ1n) is 7.67. The summed E-state index contributed by atoms with van der Waals surface area (Å²) in [5, 5.41) is 3.05. The van der Waals surface area contributed by atoms with Crippen LogP contribution in [0, 0.1) is 6.92 Å². The van der Waals surface area contributed by atoms with Crippen LogP contribution in [0.2, 0.25) is 0 Å². The second kappa shape index (κ2) is 8.11. The normalized spacial score (nSPS) is 11.7. The molecule has 0 heterocycles. The van der Waals surface area contributed by atoms with Crippen LogP contribution in [-0.4, -0.2) is 26.4 Å². The maximum Gasteiger partial charge on any atom is 0.252 e. The summed E-state index contributed by atoms with van der Waals surface area (Å²) in [6.45, 7) is 3.90. The number of amides is 1. The Bertz CT molecular complexity index is 731. The number of carbonyl (C=O) groups excluding carboxylic acids is 1. The third kappa shape index (κ3) is 4.03. The van der Waals surface area contributed by atoms with E-state index in [1.807, 2.05) is 56.5 Å². The predicted molar refractivity (Wildman–Crippen MR) is 98.4 cm³/mol. The molecule has 0 saturated carbocycles. The molecule has 5 heteroatoms. The second-order valence-corrected chi connectivity index (χ2v) is 6.37. The van der Waals surface area contributed by atoms with Gasteiger partial charge in [0, 0.05) is 10.5 Å². The monoisotopic (exact) mass is 345 g/mol. The lowest BCUT2D eigenvalue weighted by Gasteiger charge is -2.17. The van der Waals surface area contributed by atoms with Crippen molar-refractivity contribution < 1.29 is 14.3 Å². The molecule has 2 aromatic carbocycles. The zero-order valence-electron chi connectivity index (χ0n) is 14.7. The summed E-state index contributed by atoms with van der Waals surface area (Å²) in [4.78, 5) is 13.7.